The lowest BCUT2D eigenvalue weighted by atomic mass is 10.2. The highest BCUT2D eigenvalue weighted by Gasteiger charge is 2.03. The van der Waals surface area contributed by atoms with Crippen molar-refractivity contribution in [3.05, 3.63) is 18.0 Å². The van der Waals surface area contributed by atoms with Crippen LogP contribution in [-0.4, -0.2) is 15.8 Å². The van der Waals surface area contributed by atoms with Gasteiger partial charge >= 0.3 is 0 Å². The molecular formula is C10H19N3. The molecule has 0 spiro atoms. The Morgan fingerprint density at radius 2 is 2.15 bits per heavy atom. The van der Waals surface area contributed by atoms with Crippen molar-refractivity contribution in [3.8, 4) is 0 Å². The van der Waals surface area contributed by atoms with E-state index in [1.807, 2.05) is 17.9 Å². The van der Waals surface area contributed by atoms with Crippen molar-refractivity contribution in [2.45, 2.75) is 39.3 Å². The Hall–Kier alpha value is -0.830. The van der Waals surface area contributed by atoms with Gasteiger partial charge in [-0.05, 0) is 18.9 Å². The van der Waals surface area contributed by atoms with Gasteiger partial charge in [-0.25, -0.2) is 0 Å². The molecule has 1 N–H and O–H groups in total. The number of hydrogen-bond acceptors (Lipinski definition) is 2. The first-order valence-electron chi connectivity index (χ1n) is 4.98. The molecule has 0 radical (unpaired) electrons. The fraction of sp³-hybridized carbons (Fsp3) is 0.700. The Bertz CT molecular complexity index is 238. The van der Waals surface area contributed by atoms with Crippen molar-refractivity contribution in [1.82, 2.24) is 15.1 Å². The Morgan fingerprint density at radius 3 is 2.62 bits per heavy atom. The standard InChI is InChI=1S/C10H19N3/c1-4-9(5-2)11-8-10-6-7-12-13(10)3/h6-7,9,11H,4-5,8H2,1-3H3. The molecule has 0 atom stereocenters. The summed E-state index contributed by atoms with van der Waals surface area (Å²) >= 11 is 0. The monoisotopic (exact) mass is 181 g/mol. The number of hydrogen-bond donors (Lipinski definition) is 1. The van der Waals surface area contributed by atoms with Gasteiger partial charge in [0, 0.05) is 25.8 Å². The third-order valence-electron chi connectivity index (χ3n) is 2.48. The molecule has 0 saturated carbocycles. The summed E-state index contributed by atoms with van der Waals surface area (Å²) in [6.07, 6.45) is 4.21. The van der Waals surface area contributed by atoms with Crippen LogP contribution in [-0.2, 0) is 13.6 Å². The Labute approximate surface area is 80.1 Å². The zero-order chi connectivity index (χ0) is 9.68. The van der Waals surface area contributed by atoms with Crippen LogP contribution >= 0.6 is 0 Å². The summed E-state index contributed by atoms with van der Waals surface area (Å²) in [7, 11) is 1.98. The van der Waals surface area contributed by atoms with Crippen LogP contribution in [0.2, 0.25) is 0 Å². The largest absolute Gasteiger partial charge is 0.308 e. The highest BCUT2D eigenvalue weighted by Crippen LogP contribution is 2.00. The first kappa shape index (κ1) is 10.3. The van der Waals surface area contributed by atoms with E-state index in [0.717, 1.165) is 6.54 Å². The zero-order valence-corrected chi connectivity index (χ0v) is 8.75. The average Bonchev–Trinajstić information content (AvgIpc) is 2.54. The molecular weight excluding hydrogens is 162 g/mol. The molecule has 0 aliphatic heterocycles. The molecule has 0 saturated heterocycles. The van der Waals surface area contributed by atoms with E-state index in [-0.39, 0.29) is 0 Å². The van der Waals surface area contributed by atoms with E-state index in [1.54, 1.807) is 0 Å². The maximum absolute atomic E-state index is 4.12. The fourth-order valence-corrected chi connectivity index (χ4v) is 1.40. The Balaban J connectivity index is 2.38. The van der Waals surface area contributed by atoms with E-state index in [1.165, 1.54) is 18.5 Å². The number of aromatic nitrogens is 2. The summed E-state index contributed by atoms with van der Waals surface area (Å²) < 4.78 is 1.91. The van der Waals surface area contributed by atoms with Crippen molar-refractivity contribution in [3.63, 3.8) is 0 Å². The third kappa shape index (κ3) is 2.84. The molecule has 3 nitrogen and oxygen atoms in total. The van der Waals surface area contributed by atoms with Crippen molar-refractivity contribution in [2.75, 3.05) is 0 Å². The Kier molecular flexibility index (Phi) is 3.96. The molecule has 1 rings (SSSR count). The van der Waals surface area contributed by atoms with Crippen LogP contribution in [0, 0.1) is 0 Å². The van der Waals surface area contributed by atoms with Crippen molar-refractivity contribution >= 4 is 0 Å². The van der Waals surface area contributed by atoms with Gasteiger partial charge in [-0.1, -0.05) is 13.8 Å². The second-order valence-electron chi connectivity index (χ2n) is 3.34. The predicted octanol–water partition coefficient (Wildman–Crippen LogP) is 1.70. The fourth-order valence-electron chi connectivity index (χ4n) is 1.40. The quantitative estimate of drug-likeness (QED) is 0.749. The lowest BCUT2D eigenvalue weighted by Crippen LogP contribution is -2.27. The molecule has 0 unspecified atom stereocenters. The van der Waals surface area contributed by atoms with Crippen LogP contribution in [0.3, 0.4) is 0 Å². The van der Waals surface area contributed by atoms with Crippen LogP contribution in [0.25, 0.3) is 0 Å². The molecule has 1 aromatic rings. The topological polar surface area (TPSA) is 29.9 Å². The second kappa shape index (κ2) is 5.02. The summed E-state index contributed by atoms with van der Waals surface area (Å²) in [6, 6.07) is 2.69. The molecule has 74 valence electrons. The minimum atomic E-state index is 0.634. The minimum Gasteiger partial charge on any atom is -0.308 e. The Morgan fingerprint density at radius 1 is 1.46 bits per heavy atom. The van der Waals surface area contributed by atoms with Gasteiger partial charge in [-0.2, -0.15) is 5.10 Å². The van der Waals surface area contributed by atoms with Crippen LogP contribution < -0.4 is 5.32 Å². The first-order chi connectivity index (χ1) is 6.27. The van der Waals surface area contributed by atoms with Gasteiger partial charge in [0.15, 0.2) is 0 Å². The molecule has 0 aliphatic carbocycles. The molecule has 0 aliphatic rings. The first-order valence-corrected chi connectivity index (χ1v) is 4.98. The molecule has 3 heteroatoms. The highest BCUT2D eigenvalue weighted by molar-refractivity contribution is 4.99. The van der Waals surface area contributed by atoms with E-state index in [9.17, 15) is 0 Å². The summed E-state index contributed by atoms with van der Waals surface area (Å²) in [5, 5.41) is 7.62. The van der Waals surface area contributed by atoms with E-state index < -0.39 is 0 Å². The molecule has 0 amide bonds. The SMILES string of the molecule is CCC(CC)NCc1ccnn1C. The van der Waals surface area contributed by atoms with Gasteiger partial charge in [0.05, 0.1) is 5.69 Å². The number of rotatable bonds is 5. The van der Waals surface area contributed by atoms with E-state index in [4.69, 9.17) is 0 Å². The molecule has 13 heavy (non-hydrogen) atoms. The van der Waals surface area contributed by atoms with E-state index in [0.29, 0.717) is 6.04 Å². The normalized spacial score (nSPS) is 11.1. The van der Waals surface area contributed by atoms with Crippen molar-refractivity contribution < 1.29 is 0 Å². The summed E-state index contributed by atoms with van der Waals surface area (Å²) in [4.78, 5) is 0. The van der Waals surface area contributed by atoms with E-state index in [2.05, 4.69) is 30.3 Å². The number of nitrogens with zero attached hydrogens (tertiary/aromatic N) is 2. The smallest absolute Gasteiger partial charge is 0.0518 e. The zero-order valence-electron chi connectivity index (χ0n) is 8.75. The summed E-state index contributed by atoms with van der Waals surface area (Å²) in [6.45, 7) is 5.34. The van der Waals surface area contributed by atoms with Gasteiger partial charge in [0.2, 0.25) is 0 Å². The maximum atomic E-state index is 4.12. The molecule has 1 aromatic heterocycles. The lowest BCUT2D eigenvalue weighted by Gasteiger charge is -2.14. The van der Waals surface area contributed by atoms with Crippen LogP contribution in [0.15, 0.2) is 12.3 Å². The van der Waals surface area contributed by atoms with Gasteiger partial charge in [0.1, 0.15) is 0 Å². The van der Waals surface area contributed by atoms with Gasteiger partial charge in [-0.3, -0.25) is 4.68 Å². The average molecular weight is 181 g/mol. The van der Waals surface area contributed by atoms with Crippen LogP contribution in [0.5, 0.6) is 0 Å². The molecule has 0 bridgehead atoms. The molecule has 0 aromatic carbocycles. The number of nitrogens with one attached hydrogen (secondary N) is 1. The van der Waals surface area contributed by atoms with Gasteiger partial charge in [0.25, 0.3) is 0 Å². The van der Waals surface area contributed by atoms with Gasteiger partial charge < -0.3 is 5.32 Å². The minimum absolute atomic E-state index is 0.634. The second-order valence-corrected chi connectivity index (χ2v) is 3.34. The van der Waals surface area contributed by atoms with Gasteiger partial charge in [-0.15, -0.1) is 0 Å². The molecule has 1 heterocycles. The van der Waals surface area contributed by atoms with E-state index >= 15 is 0 Å². The summed E-state index contributed by atoms with van der Waals surface area (Å²) in [5.41, 5.74) is 1.24. The maximum Gasteiger partial charge on any atom is 0.0518 e. The third-order valence-corrected chi connectivity index (χ3v) is 2.48. The number of aryl methyl sites for hydroxylation is 1. The predicted molar refractivity (Wildman–Crippen MR) is 54.4 cm³/mol. The lowest BCUT2D eigenvalue weighted by molar-refractivity contribution is 0.472. The molecule has 0 fully saturated rings. The highest BCUT2D eigenvalue weighted by atomic mass is 15.3. The van der Waals surface area contributed by atoms with Crippen molar-refractivity contribution in [2.24, 2.45) is 7.05 Å². The van der Waals surface area contributed by atoms with Crippen LogP contribution in [0.4, 0.5) is 0 Å². The van der Waals surface area contributed by atoms with Crippen molar-refractivity contribution in [1.29, 1.82) is 0 Å². The van der Waals surface area contributed by atoms with Crippen LogP contribution in [0.1, 0.15) is 32.4 Å². The summed E-state index contributed by atoms with van der Waals surface area (Å²) in [5.74, 6) is 0.